The number of benzene rings is 6. The summed E-state index contributed by atoms with van der Waals surface area (Å²) in [4.78, 5) is 24.8. The van der Waals surface area contributed by atoms with Crippen LogP contribution in [-0.4, -0.2) is 53.4 Å². The summed E-state index contributed by atoms with van der Waals surface area (Å²) < 4.78 is 19.2. The van der Waals surface area contributed by atoms with Gasteiger partial charge in [0.15, 0.2) is 0 Å². The molecular formula is C40H36Bi2O4. The van der Waals surface area contributed by atoms with Crippen molar-refractivity contribution in [2.24, 2.45) is 0 Å². The van der Waals surface area contributed by atoms with Gasteiger partial charge in [-0.15, -0.1) is 0 Å². The van der Waals surface area contributed by atoms with E-state index >= 15 is 0 Å². The number of hydrogen-bond acceptors (Lipinski definition) is 4. The predicted molar refractivity (Wildman–Crippen MR) is 191 cm³/mol. The first-order chi connectivity index (χ1) is 22.4. The van der Waals surface area contributed by atoms with E-state index in [1.807, 2.05) is 91.0 Å². The molecule has 0 bridgehead atoms. The van der Waals surface area contributed by atoms with E-state index in [-0.39, 0.29) is 0 Å². The molecule has 0 aliphatic carbocycles. The number of carbonyl (C=O) groups excluding carboxylic acids is 2. The summed E-state index contributed by atoms with van der Waals surface area (Å²) in [5.74, 6) is -0.971. The van der Waals surface area contributed by atoms with Crippen LogP contribution in [0, 0.1) is 0 Å². The minimum absolute atomic E-state index is 0.486. The van der Waals surface area contributed by atoms with Gasteiger partial charge in [0, 0.05) is 0 Å². The van der Waals surface area contributed by atoms with Crippen LogP contribution in [0.15, 0.2) is 182 Å². The number of carbonyl (C=O) groups is 2. The molecule has 0 radical (unpaired) electrons. The third kappa shape index (κ3) is 7.20. The Morgan fingerprint density at radius 2 is 0.609 bits per heavy atom. The summed E-state index contributed by atoms with van der Waals surface area (Å²) >= 11 is -7.67. The molecule has 0 amide bonds. The second-order valence-electron chi connectivity index (χ2n) is 10.5. The second-order valence-corrected chi connectivity index (χ2v) is 34.0. The van der Waals surface area contributed by atoms with Crippen LogP contribution in [-0.2, 0) is 15.2 Å². The maximum absolute atomic E-state index is 12.4. The fourth-order valence-corrected chi connectivity index (χ4v) is 32.7. The zero-order valence-electron chi connectivity index (χ0n) is 25.8. The fraction of sp³-hybridized carbons (Fsp3) is 0.0500. The summed E-state index contributed by atoms with van der Waals surface area (Å²) in [5, 5.41) is 0. The van der Waals surface area contributed by atoms with E-state index in [1.165, 1.54) is 23.7 Å². The molecule has 46 heavy (non-hydrogen) atoms. The standard InChI is InChI=1S/6C6H5.2C2H4O2.2Bi/c6*1-2-4-6-5-3-1;2*1-2(3)4;;/h6*1-5H;2*1H3,(H,3,4);;/q;;;;;;;;;+2/p-2. The molecule has 6 aromatic rings. The van der Waals surface area contributed by atoms with Crippen LogP contribution in [0.5, 0.6) is 0 Å². The predicted octanol–water partition coefficient (Wildman–Crippen LogP) is 4.43. The van der Waals surface area contributed by atoms with Crippen molar-refractivity contribution in [1.29, 1.82) is 0 Å². The third-order valence-corrected chi connectivity index (χ3v) is 35.9. The van der Waals surface area contributed by atoms with Gasteiger partial charge in [0.2, 0.25) is 0 Å². The van der Waals surface area contributed by atoms with E-state index in [4.69, 9.17) is 5.63 Å². The van der Waals surface area contributed by atoms with Crippen molar-refractivity contribution in [2.75, 3.05) is 0 Å². The van der Waals surface area contributed by atoms with Crippen molar-refractivity contribution in [3.8, 4) is 0 Å². The summed E-state index contributed by atoms with van der Waals surface area (Å²) in [7, 11) is 0. The zero-order valence-corrected chi connectivity index (χ0v) is 32.8. The monoisotopic (exact) mass is 998 g/mol. The average molecular weight is 999 g/mol. The molecule has 0 unspecified atom stereocenters. The Bertz CT molecular complexity index is 1620. The van der Waals surface area contributed by atoms with E-state index in [2.05, 4.69) is 91.0 Å². The van der Waals surface area contributed by atoms with E-state index in [0.29, 0.717) is 0 Å². The molecular weight excluding hydrogens is 962 g/mol. The van der Waals surface area contributed by atoms with Gasteiger partial charge in [-0.3, -0.25) is 0 Å². The van der Waals surface area contributed by atoms with Gasteiger partial charge in [-0.25, -0.2) is 0 Å². The van der Waals surface area contributed by atoms with E-state index in [9.17, 15) is 9.59 Å². The molecule has 0 N–H and O–H groups in total. The fourth-order valence-electron chi connectivity index (χ4n) is 5.55. The van der Waals surface area contributed by atoms with Crippen molar-refractivity contribution in [1.82, 2.24) is 0 Å². The molecule has 6 aromatic carbocycles. The molecule has 0 saturated heterocycles. The van der Waals surface area contributed by atoms with Crippen molar-refractivity contribution >= 4 is 73.0 Å². The Morgan fingerprint density at radius 3 is 0.826 bits per heavy atom. The van der Waals surface area contributed by atoms with Crippen LogP contribution in [0.2, 0.25) is 0 Å². The third-order valence-electron chi connectivity index (χ3n) is 7.32. The van der Waals surface area contributed by atoms with Crippen LogP contribution < -0.4 is 19.6 Å². The van der Waals surface area contributed by atoms with E-state index in [0.717, 1.165) is 9.81 Å². The molecule has 0 fully saturated rings. The minimum atomic E-state index is -5.61. The molecule has 6 heteroatoms. The maximum atomic E-state index is 12.4. The van der Waals surface area contributed by atoms with Gasteiger partial charge >= 0.3 is 284 Å². The molecule has 230 valence electrons. The topological polar surface area (TPSA) is 52.6 Å². The zero-order chi connectivity index (χ0) is 32.3. The number of hydrogen-bond donors (Lipinski definition) is 0. The molecule has 0 atom stereocenters. The van der Waals surface area contributed by atoms with Gasteiger partial charge in [-0.2, -0.15) is 0 Å². The summed E-state index contributed by atoms with van der Waals surface area (Å²) in [6.07, 6.45) is 0. The Hall–Kier alpha value is -3.97. The van der Waals surface area contributed by atoms with Gasteiger partial charge in [-0.1, -0.05) is 0 Å². The molecule has 0 heterocycles. The van der Waals surface area contributed by atoms with Gasteiger partial charge in [0.05, 0.1) is 0 Å². The molecule has 0 aliphatic rings. The van der Waals surface area contributed by atoms with Crippen LogP contribution in [0.3, 0.4) is 0 Å². The Balaban J connectivity index is 0.000000192. The molecule has 6 rings (SSSR count). The average Bonchev–Trinajstić information content (AvgIpc) is 3.11. The molecule has 0 aliphatic heterocycles. The first kappa shape index (κ1) is 33.4. The SMILES string of the molecule is CC(=O)[O][Bi]([O]C(C)=O)([c]1ccccc1)([c]1ccccc1)[c]1ccccc1.c1cc[c]([Bi]([c]2ccccc2)[c]2ccccc2)cc1. The van der Waals surface area contributed by atoms with Gasteiger partial charge in [-0.05, 0) is 0 Å². The number of rotatable bonds is 8. The quantitative estimate of drug-likeness (QED) is 0.212. The second kappa shape index (κ2) is 15.5. The summed E-state index contributed by atoms with van der Waals surface area (Å²) in [5.41, 5.74) is 0. The van der Waals surface area contributed by atoms with Crippen molar-refractivity contribution in [3.63, 3.8) is 0 Å². The normalized spacial score (nSPS) is 11.7. The molecule has 0 spiro atoms. The Kier molecular flexibility index (Phi) is 11.3. The van der Waals surface area contributed by atoms with Crippen molar-refractivity contribution in [3.05, 3.63) is 182 Å². The van der Waals surface area contributed by atoms with Crippen LogP contribution in [0.25, 0.3) is 0 Å². The molecule has 0 saturated carbocycles. The van der Waals surface area contributed by atoms with Gasteiger partial charge < -0.3 is 0 Å². The van der Waals surface area contributed by atoms with Gasteiger partial charge in [0.1, 0.15) is 0 Å². The van der Waals surface area contributed by atoms with Crippen LogP contribution in [0.1, 0.15) is 13.8 Å². The van der Waals surface area contributed by atoms with E-state index < -0.39 is 53.4 Å². The molecule has 0 aromatic heterocycles. The Labute approximate surface area is 281 Å². The first-order valence-electron chi connectivity index (χ1n) is 15.0. The first-order valence-corrected chi connectivity index (χ1v) is 28.3. The van der Waals surface area contributed by atoms with Crippen LogP contribution in [0.4, 0.5) is 0 Å². The van der Waals surface area contributed by atoms with E-state index in [1.54, 1.807) is 0 Å². The molecule has 4 nitrogen and oxygen atoms in total. The summed E-state index contributed by atoms with van der Waals surface area (Å²) in [6, 6.07) is 61.0. The van der Waals surface area contributed by atoms with Gasteiger partial charge in [0.25, 0.3) is 0 Å². The van der Waals surface area contributed by atoms with Crippen molar-refractivity contribution in [2.45, 2.75) is 13.8 Å². The van der Waals surface area contributed by atoms with Crippen molar-refractivity contribution < 1.29 is 15.2 Å². The summed E-state index contributed by atoms with van der Waals surface area (Å²) in [6.45, 7) is 2.71. The van der Waals surface area contributed by atoms with Crippen LogP contribution >= 0.6 is 0 Å². The Morgan fingerprint density at radius 1 is 0.391 bits per heavy atom.